The molecule has 61 heavy (non-hydrogen) atoms. The van der Waals surface area contributed by atoms with E-state index in [1.165, 1.54) is 21.6 Å². The molecule has 3 aliphatic heterocycles. The summed E-state index contributed by atoms with van der Waals surface area (Å²) >= 11 is 2.39. The number of benzene rings is 1. The van der Waals surface area contributed by atoms with Gasteiger partial charge in [-0.25, -0.2) is 29.3 Å². The third kappa shape index (κ3) is 12.0. The number of carbonyl (C=O) groups excluding carboxylic acids is 2. The molecule has 1 N–H and O–H groups in total. The Morgan fingerprint density at radius 3 is 2.10 bits per heavy atom. The first-order valence-electron chi connectivity index (χ1n) is 18.7. The van der Waals surface area contributed by atoms with E-state index >= 15 is 0 Å². The van der Waals surface area contributed by atoms with E-state index in [9.17, 15) is 46.3 Å². The van der Waals surface area contributed by atoms with Crippen LogP contribution in [0.4, 0.5) is 33.4 Å². The molecule has 18 nitrogen and oxygen atoms in total. The highest BCUT2D eigenvalue weighted by Gasteiger charge is 2.49. The topological polar surface area (TPSA) is 222 Å². The highest BCUT2D eigenvalue weighted by Crippen LogP contribution is 2.34. The van der Waals surface area contributed by atoms with Gasteiger partial charge < -0.3 is 38.4 Å². The number of amides is 3. The quantitative estimate of drug-likeness (QED) is 0.124. The highest BCUT2D eigenvalue weighted by atomic mass is 32.2. The summed E-state index contributed by atoms with van der Waals surface area (Å²) in [5.74, 6) is 0.0881. The summed E-state index contributed by atoms with van der Waals surface area (Å²) < 4.78 is 75.6. The third-order valence-corrected chi connectivity index (χ3v) is 11.4. The van der Waals surface area contributed by atoms with Crippen LogP contribution < -0.4 is 9.08 Å². The normalized spacial score (nSPS) is 16.6. The summed E-state index contributed by atoms with van der Waals surface area (Å²) in [4.78, 5) is 60.0. The van der Waals surface area contributed by atoms with E-state index in [1.54, 1.807) is 31.9 Å². The van der Waals surface area contributed by atoms with Gasteiger partial charge in [0.1, 0.15) is 18.0 Å². The van der Waals surface area contributed by atoms with Gasteiger partial charge in [0.05, 0.1) is 43.0 Å². The molecule has 3 amide bonds. The molecular weight excluding hydrogens is 868 g/mol. The summed E-state index contributed by atoms with van der Waals surface area (Å²) in [7, 11) is -5.87. The lowest BCUT2D eigenvalue weighted by atomic mass is 10.0. The fourth-order valence-electron chi connectivity index (χ4n) is 6.44. The molecule has 0 unspecified atom stereocenters. The Labute approximate surface area is 358 Å². The van der Waals surface area contributed by atoms with Gasteiger partial charge in [-0.2, -0.15) is 31.8 Å². The SMILES string of the molecule is CSc1nc2c(c(N3CCN(C(=O)OCc4ccccc4)[C@@H](CC#N)C3)n1)CCN(C(=O)O)C2.CSc1nc2c(c(OS(=O)(=O)C(F)(F)F)n1)CCN(C(=O)OC(C)(C)C)C2. The van der Waals surface area contributed by atoms with Crippen LogP contribution in [0.2, 0.25) is 0 Å². The van der Waals surface area contributed by atoms with Crippen molar-refractivity contribution in [3.05, 3.63) is 58.4 Å². The summed E-state index contributed by atoms with van der Waals surface area (Å²) in [6, 6.07) is 11.3. The minimum atomic E-state index is -5.87. The predicted octanol–water partition coefficient (Wildman–Crippen LogP) is 5.70. The Morgan fingerprint density at radius 1 is 0.885 bits per heavy atom. The Balaban J connectivity index is 0.000000238. The number of piperazine rings is 1. The second-order valence-electron chi connectivity index (χ2n) is 14.7. The van der Waals surface area contributed by atoms with Crippen molar-refractivity contribution in [3.63, 3.8) is 0 Å². The Morgan fingerprint density at radius 2 is 1.49 bits per heavy atom. The second kappa shape index (κ2) is 19.6. The first-order valence-corrected chi connectivity index (χ1v) is 22.5. The zero-order chi connectivity index (χ0) is 44.7. The van der Waals surface area contributed by atoms with Crippen LogP contribution in [0.3, 0.4) is 0 Å². The van der Waals surface area contributed by atoms with E-state index in [2.05, 4.69) is 30.1 Å². The van der Waals surface area contributed by atoms with Crippen LogP contribution in [0.15, 0.2) is 40.6 Å². The van der Waals surface area contributed by atoms with Crippen LogP contribution in [0, 0.1) is 11.3 Å². The van der Waals surface area contributed by atoms with E-state index in [0.29, 0.717) is 43.5 Å². The van der Waals surface area contributed by atoms with Gasteiger partial charge in [0.2, 0.25) is 5.88 Å². The zero-order valence-corrected chi connectivity index (χ0v) is 36.3. The Hall–Kier alpha value is -5.28. The predicted molar refractivity (Wildman–Crippen MR) is 215 cm³/mol. The van der Waals surface area contributed by atoms with E-state index in [-0.39, 0.29) is 61.5 Å². The fraction of sp³-hybridized carbons (Fsp3) is 0.514. The number of hydrogen-bond donors (Lipinski definition) is 1. The maximum Gasteiger partial charge on any atom is 0.534 e. The molecule has 0 spiro atoms. The van der Waals surface area contributed by atoms with Gasteiger partial charge in [0, 0.05) is 43.9 Å². The van der Waals surface area contributed by atoms with Crippen LogP contribution >= 0.6 is 23.5 Å². The summed E-state index contributed by atoms with van der Waals surface area (Å²) in [5.41, 5.74) is -3.43. The molecule has 24 heteroatoms. The maximum absolute atomic E-state index is 12.8. The number of thioether (sulfide) groups is 2. The molecule has 1 fully saturated rings. The summed E-state index contributed by atoms with van der Waals surface area (Å²) in [6.07, 6.45) is 2.15. The maximum atomic E-state index is 12.8. The minimum Gasteiger partial charge on any atom is -0.465 e. The molecule has 1 aromatic carbocycles. The molecule has 0 aliphatic carbocycles. The van der Waals surface area contributed by atoms with Crippen LogP contribution in [0.5, 0.6) is 5.88 Å². The molecule has 0 saturated carbocycles. The molecule has 3 aromatic rings. The van der Waals surface area contributed by atoms with Gasteiger partial charge in [-0.3, -0.25) is 0 Å². The van der Waals surface area contributed by atoms with Crippen molar-refractivity contribution in [2.24, 2.45) is 0 Å². The smallest absolute Gasteiger partial charge is 0.465 e. The number of nitrogens with zero attached hydrogens (tertiary/aromatic N) is 9. The van der Waals surface area contributed by atoms with Crippen molar-refractivity contribution in [1.82, 2.24) is 34.6 Å². The second-order valence-corrected chi connectivity index (χ2v) is 17.8. The van der Waals surface area contributed by atoms with Crippen molar-refractivity contribution in [2.75, 3.05) is 50.1 Å². The van der Waals surface area contributed by atoms with Crippen molar-refractivity contribution in [1.29, 1.82) is 5.26 Å². The van der Waals surface area contributed by atoms with E-state index in [4.69, 9.17) is 14.5 Å². The van der Waals surface area contributed by atoms with Gasteiger partial charge in [-0.1, -0.05) is 53.9 Å². The molecule has 0 radical (unpaired) electrons. The largest absolute Gasteiger partial charge is 0.534 e. The Kier molecular flexibility index (Phi) is 15.0. The number of ether oxygens (including phenoxy) is 2. The van der Waals surface area contributed by atoms with Crippen molar-refractivity contribution in [3.8, 4) is 11.9 Å². The zero-order valence-electron chi connectivity index (χ0n) is 33.8. The molecule has 2 aromatic heterocycles. The number of carbonyl (C=O) groups is 3. The number of nitriles is 1. The molecule has 3 aliphatic rings. The lowest BCUT2D eigenvalue weighted by Crippen LogP contribution is -2.55. The van der Waals surface area contributed by atoms with Crippen molar-refractivity contribution < 1.29 is 54.7 Å². The number of fused-ring (bicyclic) bond motifs is 2. The van der Waals surface area contributed by atoms with Crippen molar-refractivity contribution >= 4 is 57.7 Å². The number of carboxylic acid groups (broad SMARTS) is 1. The number of hydrogen-bond acceptors (Lipinski definition) is 16. The molecule has 5 heterocycles. The standard InChI is InChI=1S/C23H26N6O4S.C14H18F3N3O5S2/c1-34-21-25-19-14-28(22(30)31)10-8-18(19)20(26-21)27-11-12-29(17(13-27)7-9-24)23(32)33-15-16-5-3-2-4-6-16;1-13(2,3)24-12(21)20-6-5-8-9(7-20)18-11(26-4)19-10(8)25-27(22,23)14(15,16)17/h2-6,17H,7-8,10-15H2,1H3,(H,30,31);5-7H2,1-4H3/t17-;/m0./s1. The number of anilines is 1. The van der Waals surface area contributed by atoms with Gasteiger partial charge >= 0.3 is 33.9 Å². The minimum absolute atomic E-state index is 0.0198. The molecule has 1 saturated heterocycles. The van der Waals surface area contributed by atoms with Gasteiger partial charge in [0.15, 0.2) is 10.3 Å². The number of rotatable bonds is 8. The molecule has 0 bridgehead atoms. The van der Waals surface area contributed by atoms with Crippen LogP contribution in [-0.2, 0) is 52.1 Å². The third-order valence-electron chi connectivity index (χ3n) is 9.34. The number of alkyl halides is 3. The molecule has 1 atom stereocenters. The van der Waals surface area contributed by atoms with E-state index < -0.39 is 45.4 Å². The van der Waals surface area contributed by atoms with Gasteiger partial charge in [-0.15, -0.1) is 0 Å². The van der Waals surface area contributed by atoms with E-state index in [1.807, 2.05) is 36.6 Å². The number of aromatic nitrogens is 4. The fourth-order valence-corrected chi connectivity index (χ4v) is 7.64. The number of halogens is 3. The average molecular weight is 912 g/mol. The monoisotopic (exact) mass is 911 g/mol. The van der Waals surface area contributed by atoms with Crippen LogP contribution in [0.25, 0.3) is 0 Å². The first kappa shape index (κ1) is 46.8. The first-order chi connectivity index (χ1) is 28.7. The lowest BCUT2D eigenvalue weighted by Gasteiger charge is -2.41. The van der Waals surface area contributed by atoms with Crippen LogP contribution in [-0.4, -0.2) is 129 Å². The highest BCUT2D eigenvalue weighted by molar-refractivity contribution is 7.98. The Bertz CT molecular complexity index is 2250. The van der Waals surface area contributed by atoms with Crippen molar-refractivity contribution in [2.45, 2.75) is 87.2 Å². The molecule has 330 valence electrons. The molecular formula is C37H44F3N9O9S3. The summed E-state index contributed by atoms with van der Waals surface area (Å²) in [5, 5.41) is 19.4. The van der Waals surface area contributed by atoms with Gasteiger partial charge in [0.25, 0.3) is 0 Å². The average Bonchev–Trinajstić information content (AvgIpc) is 3.21. The van der Waals surface area contributed by atoms with Gasteiger partial charge in [-0.05, 0) is 51.7 Å². The van der Waals surface area contributed by atoms with Crippen LogP contribution in [0.1, 0.15) is 55.3 Å². The van der Waals surface area contributed by atoms with E-state index in [0.717, 1.165) is 28.7 Å². The molecule has 6 rings (SSSR count). The summed E-state index contributed by atoms with van der Waals surface area (Å²) in [6.45, 7) is 7.27. The lowest BCUT2D eigenvalue weighted by molar-refractivity contribution is -0.0502.